The van der Waals surface area contributed by atoms with E-state index in [0.717, 1.165) is 44.0 Å². The molecule has 0 saturated heterocycles. The summed E-state index contributed by atoms with van der Waals surface area (Å²) < 4.78 is 43.1. The minimum atomic E-state index is -4.44. The molecule has 3 N–H and O–H groups in total. The summed E-state index contributed by atoms with van der Waals surface area (Å²) >= 11 is 0. The van der Waals surface area contributed by atoms with Crippen LogP contribution >= 0.6 is 24.8 Å². The molecule has 3 rings (SSSR count). The van der Waals surface area contributed by atoms with E-state index in [2.05, 4.69) is 10.3 Å². The third-order valence-corrected chi connectivity index (χ3v) is 4.93. The lowest BCUT2D eigenvalue weighted by Crippen LogP contribution is -2.44. The van der Waals surface area contributed by atoms with Gasteiger partial charge in [-0.2, -0.15) is 13.2 Å². The third-order valence-electron chi connectivity index (χ3n) is 4.93. The van der Waals surface area contributed by atoms with Gasteiger partial charge in [0.2, 0.25) is 5.88 Å². The Hall–Kier alpha value is -2.03. The number of hydrogen-bond acceptors (Lipinski definition) is 4. The van der Waals surface area contributed by atoms with E-state index in [1.54, 1.807) is 24.3 Å². The van der Waals surface area contributed by atoms with Crippen LogP contribution in [0.5, 0.6) is 11.6 Å². The van der Waals surface area contributed by atoms with Crippen molar-refractivity contribution >= 4 is 30.7 Å². The van der Waals surface area contributed by atoms with Crippen LogP contribution < -0.4 is 15.8 Å². The van der Waals surface area contributed by atoms with Crippen LogP contribution in [0.15, 0.2) is 42.6 Å². The number of rotatable bonds is 5. The molecule has 166 valence electrons. The van der Waals surface area contributed by atoms with E-state index in [1.165, 1.54) is 0 Å². The highest BCUT2D eigenvalue weighted by Crippen LogP contribution is 2.30. The Labute approximate surface area is 185 Å². The average molecular weight is 466 g/mol. The predicted octanol–water partition coefficient (Wildman–Crippen LogP) is 4.98. The first kappa shape index (κ1) is 26.0. The standard InChI is InChI=1S/C20H22F3N3O2.2ClH/c21-20(22,23)15-7-10-18(25-12-15)28-16-8-5-13(6-9-16)19(27)26-17-4-2-1-3-14(17)11-24;;/h5-10,12,14,17H,1-4,11,24H2,(H,26,27);2*1H. The second kappa shape index (κ2) is 11.4. The first-order valence-electron chi connectivity index (χ1n) is 9.19. The van der Waals surface area contributed by atoms with Crippen LogP contribution in [0.1, 0.15) is 41.6 Å². The Morgan fingerprint density at radius 1 is 1.10 bits per heavy atom. The van der Waals surface area contributed by atoms with E-state index < -0.39 is 11.7 Å². The molecule has 2 aromatic rings. The molecule has 1 saturated carbocycles. The fraction of sp³-hybridized carbons (Fsp3) is 0.400. The highest BCUT2D eigenvalue weighted by molar-refractivity contribution is 5.94. The lowest BCUT2D eigenvalue weighted by molar-refractivity contribution is -0.137. The lowest BCUT2D eigenvalue weighted by Gasteiger charge is -2.31. The molecule has 0 spiro atoms. The van der Waals surface area contributed by atoms with E-state index in [-0.39, 0.29) is 42.6 Å². The Morgan fingerprint density at radius 2 is 1.77 bits per heavy atom. The zero-order valence-electron chi connectivity index (χ0n) is 16.0. The second-order valence-corrected chi connectivity index (χ2v) is 6.87. The summed E-state index contributed by atoms with van der Waals surface area (Å²) in [6.45, 7) is 0.553. The van der Waals surface area contributed by atoms with Gasteiger partial charge >= 0.3 is 6.18 Å². The minimum absolute atomic E-state index is 0. The molecule has 0 bridgehead atoms. The van der Waals surface area contributed by atoms with Crippen molar-refractivity contribution in [1.29, 1.82) is 0 Å². The third kappa shape index (κ3) is 6.75. The topological polar surface area (TPSA) is 77.2 Å². The maximum atomic E-state index is 12.6. The van der Waals surface area contributed by atoms with Gasteiger partial charge in [0.1, 0.15) is 5.75 Å². The van der Waals surface area contributed by atoms with Crippen molar-refractivity contribution in [3.8, 4) is 11.6 Å². The van der Waals surface area contributed by atoms with E-state index in [0.29, 0.717) is 23.8 Å². The number of ether oxygens (including phenoxy) is 1. The minimum Gasteiger partial charge on any atom is -0.439 e. The van der Waals surface area contributed by atoms with E-state index in [1.807, 2.05) is 0 Å². The number of aromatic nitrogens is 1. The Bertz CT molecular complexity index is 802. The molecule has 30 heavy (non-hydrogen) atoms. The molecule has 1 aliphatic carbocycles. The number of hydrogen-bond donors (Lipinski definition) is 2. The van der Waals surface area contributed by atoms with E-state index >= 15 is 0 Å². The van der Waals surface area contributed by atoms with Crippen molar-refractivity contribution in [2.24, 2.45) is 11.7 Å². The van der Waals surface area contributed by atoms with Crippen molar-refractivity contribution in [3.05, 3.63) is 53.7 Å². The van der Waals surface area contributed by atoms with Gasteiger partial charge in [0.25, 0.3) is 5.91 Å². The highest BCUT2D eigenvalue weighted by Gasteiger charge is 2.30. The van der Waals surface area contributed by atoms with Gasteiger partial charge in [-0.3, -0.25) is 4.79 Å². The number of alkyl halides is 3. The SMILES string of the molecule is Cl.Cl.NCC1CCCCC1NC(=O)c1ccc(Oc2ccc(C(F)(F)F)cn2)cc1. The summed E-state index contributed by atoms with van der Waals surface area (Å²) in [5, 5.41) is 3.05. The van der Waals surface area contributed by atoms with Gasteiger partial charge in [0.15, 0.2) is 0 Å². The molecule has 0 aliphatic heterocycles. The fourth-order valence-corrected chi connectivity index (χ4v) is 3.33. The number of carbonyl (C=O) groups excluding carboxylic acids is 1. The second-order valence-electron chi connectivity index (χ2n) is 6.87. The average Bonchev–Trinajstić information content (AvgIpc) is 2.68. The van der Waals surface area contributed by atoms with Gasteiger partial charge in [-0.05, 0) is 55.6 Å². The summed E-state index contributed by atoms with van der Waals surface area (Å²) in [6, 6.07) is 8.51. The number of benzene rings is 1. The van der Waals surface area contributed by atoms with E-state index in [4.69, 9.17) is 10.5 Å². The summed E-state index contributed by atoms with van der Waals surface area (Å²) in [5.74, 6) is 0.537. The number of nitrogens with two attached hydrogens (primary N) is 1. The molecule has 0 radical (unpaired) electrons. The van der Waals surface area contributed by atoms with Crippen LogP contribution in [0, 0.1) is 5.92 Å². The fourth-order valence-electron chi connectivity index (χ4n) is 3.33. The van der Waals surface area contributed by atoms with Crippen LogP contribution in [0.25, 0.3) is 0 Å². The Kier molecular flexibility index (Phi) is 9.87. The lowest BCUT2D eigenvalue weighted by atomic mass is 9.84. The molecule has 1 aromatic carbocycles. The molecule has 1 amide bonds. The van der Waals surface area contributed by atoms with Crippen molar-refractivity contribution in [1.82, 2.24) is 10.3 Å². The maximum Gasteiger partial charge on any atom is 0.417 e. The van der Waals surface area contributed by atoms with Gasteiger partial charge < -0.3 is 15.8 Å². The Balaban J connectivity index is 0.00000225. The summed E-state index contributed by atoms with van der Waals surface area (Å²) in [7, 11) is 0. The first-order valence-corrected chi connectivity index (χ1v) is 9.19. The molecule has 2 atom stereocenters. The zero-order valence-corrected chi connectivity index (χ0v) is 17.7. The Morgan fingerprint density at radius 3 is 2.33 bits per heavy atom. The number of carbonyl (C=O) groups is 1. The first-order chi connectivity index (χ1) is 13.4. The maximum absolute atomic E-state index is 12.6. The number of amides is 1. The van der Waals surface area contributed by atoms with Gasteiger partial charge in [-0.25, -0.2) is 4.98 Å². The van der Waals surface area contributed by atoms with Crippen molar-refractivity contribution in [3.63, 3.8) is 0 Å². The van der Waals surface area contributed by atoms with Crippen molar-refractivity contribution < 1.29 is 22.7 Å². The molecular weight excluding hydrogens is 442 g/mol. The van der Waals surface area contributed by atoms with Crippen LogP contribution in [0.4, 0.5) is 13.2 Å². The number of pyridine rings is 1. The number of nitrogens with one attached hydrogen (secondary N) is 1. The van der Waals surface area contributed by atoms with Crippen LogP contribution in [-0.2, 0) is 6.18 Å². The van der Waals surface area contributed by atoms with Gasteiger partial charge in [-0.1, -0.05) is 12.8 Å². The molecule has 2 unspecified atom stereocenters. The largest absolute Gasteiger partial charge is 0.439 e. The predicted molar refractivity (Wildman–Crippen MR) is 113 cm³/mol. The quantitative estimate of drug-likeness (QED) is 0.652. The molecule has 10 heteroatoms. The molecule has 1 aliphatic rings. The number of halogens is 5. The summed E-state index contributed by atoms with van der Waals surface area (Å²) in [6.07, 6.45) is 0.437. The summed E-state index contributed by atoms with van der Waals surface area (Å²) in [4.78, 5) is 16.1. The monoisotopic (exact) mass is 465 g/mol. The van der Waals surface area contributed by atoms with E-state index in [9.17, 15) is 18.0 Å². The van der Waals surface area contributed by atoms with Gasteiger partial charge in [0.05, 0.1) is 5.56 Å². The van der Waals surface area contributed by atoms with Crippen molar-refractivity contribution in [2.45, 2.75) is 37.9 Å². The molecular formula is C20H24Cl2F3N3O2. The van der Waals surface area contributed by atoms with Gasteiger partial charge in [0, 0.05) is 23.9 Å². The molecule has 1 heterocycles. The highest BCUT2D eigenvalue weighted by atomic mass is 35.5. The van der Waals surface area contributed by atoms with Gasteiger partial charge in [-0.15, -0.1) is 24.8 Å². The van der Waals surface area contributed by atoms with Crippen LogP contribution in [0.3, 0.4) is 0 Å². The number of nitrogens with zero attached hydrogens (tertiary/aromatic N) is 1. The van der Waals surface area contributed by atoms with Crippen LogP contribution in [-0.4, -0.2) is 23.5 Å². The smallest absolute Gasteiger partial charge is 0.417 e. The normalized spacial score (nSPS) is 18.5. The van der Waals surface area contributed by atoms with Crippen LogP contribution in [0.2, 0.25) is 0 Å². The molecule has 5 nitrogen and oxygen atoms in total. The zero-order chi connectivity index (χ0) is 20.1. The summed E-state index contributed by atoms with van der Waals surface area (Å²) in [5.41, 5.74) is 5.44. The molecule has 1 fully saturated rings. The molecule has 1 aromatic heterocycles. The van der Waals surface area contributed by atoms with Crippen molar-refractivity contribution in [2.75, 3.05) is 6.54 Å².